The first-order chi connectivity index (χ1) is 8.22. The number of ether oxygens (including phenoxy) is 2. The van der Waals surface area contributed by atoms with Crippen molar-refractivity contribution in [2.24, 2.45) is 5.73 Å². The van der Waals surface area contributed by atoms with E-state index in [0.29, 0.717) is 0 Å². The van der Waals surface area contributed by atoms with Gasteiger partial charge in [-0.25, -0.2) is 4.98 Å². The second kappa shape index (κ2) is 5.18. The van der Waals surface area contributed by atoms with E-state index >= 15 is 0 Å². The fourth-order valence-electron chi connectivity index (χ4n) is 2.05. The van der Waals surface area contributed by atoms with Crippen LogP contribution >= 0.6 is 0 Å². The maximum Gasteiger partial charge on any atom is 0.297 e. The van der Waals surface area contributed by atoms with Gasteiger partial charge in [0.2, 0.25) is 5.75 Å². The van der Waals surface area contributed by atoms with Crippen molar-refractivity contribution < 1.29 is 9.47 Å². The van der Waals surface area contributed by atoms with Crippen LogP contribution in [0, 0.1) is 0 Å². The Morgan fingerprint density at radius 3 is 2.94 bits per heavy atom. The van der Waals surface area contributed by atoms with E-state index in [-0.39, 0.29) is 29.3 Å². The third-order valence-corrected chi connectivity index (χ3v) is 3.00. The molecule has 0 bridgehead atoms. The zero-order valence-electron chi connectivity index (χ0n) is 9.81. The summed E-state index contributed by atoms with van der Waals surface area (Å²) in [4.78, 5) is 17.9. The zero-order valence-corrected chi connectivity index (χ0v) is 9.81. The summed E-state index contributed by atoms with van der Waals surface area (Å²) in [5, 5.41) is 0. The van der Waals surface area contributed by atoms with Gasteiger partial charge in [-0.1, -0.05) is 6.42 Å². The molecule has 0 spiro atoms. The van der Waals surface area contributed by atoms with Gasteiger partial charge in [0.15, 0.2) is 0 Å². The SMILES string of the molecule is COc1c(OC2CCCCC2N)nc[nH]c1=O. The molecule has 2 atom stereocenters. The standard InChI is InChI=1S/C11H17N3O3/c1-16-9-10(15)13-6-14-11(9)17-8-5-3-2-4-7(8)12/h6-8H,2-5,12H2,1H3,(H,13,14,15). The lowest BCUT2D eigenvalue weighted by molar-refractivity contribution is 0.121. The zero-order chi connectivity index (χ0) is 12.3. The molecule has 0 aromatic carbocycles. The maximum absolute atomic E-state index is 11.5. The number of rotatable bonds is 3. The van der Waals surface area contributed by atoms with Crippen LogP contribution in [0.1, 0.15) is 25.7 Å². The number of aromatic amines is 1. The van der Waals surface area contributed by atoms with E-state index in [1.54, 1.807) is 0 Å². The van der Waals surface area contributed by atoms with Crippen LogP contribution in [0.3, 0.4) is 0 Å². The molecule has 1 aliphatic rings. The third kappa shape index (κ3) is 2.58. The van der Waals surface area contributed by atoms with Crippen molar-refractivity contribution in [3.63, 3.8) is 0 Å². The molecule has 2 rings (SSSR count). The fraction of sp³-hybridized carbons (Fsp3) is 0.636. The molecule has 0 radical (unpaired) electrons. The quantitative estimate of drug-likeness (QED) is 0.798. The van der Waals surface area contributed by atoms with Crippen LogP contribution < -0.4 is 20.8 Å². The van der Waals surface area contributed by atoms with Gasteiger partial charge in [-0.05, 0) is 19.3 Å². The smallest absolute Gasteiger partial charge is 0.297 e. The number of hydrogen-bond acceptors (Lipinski definition) is 5. The summed E-state index contributed by atoms with van der Waals surface area (Å²) in [5.41, 5.74) is 5.63. The molecule has 1 fully saturated rings. The Bertz CT molecular complexity index is 432. The monoisotopic (exact) mass is 239 g/mol. The number of hydrogen-bond donors (Lipinski definition) is 2. The highest BCUT2D eigenvalue weighted by Gasteiger charge is 2.25. The van der Waals surface area contributed by atoms with E-state index in [4.69, 9.17) is 15.2 Å². The van der Waals surface area contributed by atoms with Gasteiger partial charge < -0.3 is 20.2 Å². The molecule has 1 heterocycles. The molecule has 0 aliphatic heterocycles. The second-order valence-corrected chi connectivity index (χ2v) is 4.17. The maximum atomic E-state index is 11.5. The molecule has 17 heavy (non-hydrogen) atoms. The first kappa shape index (κ1) is 11.9. The minimum Gasteiger partial charge on any atom is -0.487 e. The van der Waals surface area contributed by atoms with Crippen molar-refractivity contribution in [3.8, 4) is 11.6 Å². The molecule has 3 N–H and O–H groups in total. The average Bonchev–Trinajstić information content (AvgIpc) is 2.32. The number of aromatic nitrogens is 2. The second-order valence-electron chi connectivity index (χ2n) is 4.17. The minimum atomic E-state index is -0.345. The molecule has 0 saturated heterocycles. The Hall–Kier alpha value is -1.56. The molecule has 1 aromatic heterocycles. The first-order valence-electron chi connectivity index (χ1n) is 5.76. The summed E-state index contributed by atoms with van der Waals surface area (Å²) in [6, 6.07) is -0.00505. The van der Waals surface area contributed by atoms with E-state index in [2.05, 4.69) is 9.97 Å². The summed E-state index contributed by atoms with van der Waals surface area (Å²) < 4.78 is 10.7. The highest BCUT2D eigenvalue weighted by atomic mass is 16.5. The van der Waals surface area contributed by atoms with Gasteiger partial charge in [0.05, 0.1) is 13.4 Å². The Morgan fingerprint density at radius 1 is 1.47 bits per heavy atom. The third-order valence-electron chi connectivity index (χ3n) is 3.00. The summed E-state index contributed by atoms with van der Waals surface area (Å²) >= 11 is 0. The van der Waals surface area contributed by atoms with Crippen molar-refractivity contribution in [2.45, 2.75) is 37.8 Å². The molecule has 1 aliphatic carbocycles. The predicted molar refractivity (Wildman–Crippen MR) is 62.3 cm³/mol. The minimum absolute atomic E-state index is 0.00505. The average molecular weight is 239 g/mol. The normalized spacial score (nSPS) is 24.4. The van der Waals surface area contributed by atoms with Crippen LogP contribution in [0.25, 0.3) is 0 Å². The van der Waals surface area contributed by atoms with Gasteiger partial charge in [-0.3, -0.25) is 4.79 Å². The van der Waals surface area contributed by atoms with Crippen LogP contribution in [0.2, 0.25) is 0 Å². The number of methoxy groups -OCH3 is 1. The van der Waals surface area contributed by atoms with E-state index in [0.717, 1.165) is 25.7 Å². The van der Waals surface area contributed by atoms with Crippen molar-refractivity contribution in [1.29, 1.82) is 0 Å². The number of nitrogens with one attached hydrogen (secondary N) is 1. The van der Waals surface area contributed by atoms with Gasteiger partial charge in [0.1, 0.15) is 6.10 Å². The first-order valence-corrected chi connectivity index (χ1v) is 5.76. The summed E-state index contributed by atoms with van der Waals surface area (Å²) in [5.74, 6) is 0.323. The highest BCUT2D eigenvalue weighted by molar-refractivity contribution is 5.29. The van der Waals surface area contributed by atoms with E-state index < -0.39 is 0 Å². The lowest BCUT2D eigenvalue weighted by Crippen LogP contribution is -2.41. The van der Waals surface area contributed by atoms with Gasteiger partial charge in [-0.2, -0.15) is 0 Å². The fourth-order valence-corrected chi connectivity index (χ4v) is 2.05. The molecule has 6 nitrogen and oxygen atoms in total. The van der Waals surface area contributed by atoms with Crippen molar-refractivity contribution in [1.82, 2.24) is 9.97 Å². The number of nitrogens with zero attached hydrogens (tertiary/aromatic N) is 1. The molecular weight excluding hydrogens is 222 g/mol. The molecule has 6 heteroatoms. The summed E-state index contributed by atoms with van der Waals surface area (Å²) in [6.45, 7) is 0. The molecular formula is C11H17N3O3. The van der Waals surface area contributed by atoms with E-state index in [9.17, 15) is 4.79 Å². The van der Waals surface area contributed by atoms with E-state index in [1.807, 2.05) is 0 Å². The van der Waals surface area contributed by atoms with Gasteiger partial charge in [0, 0.05) is 6.04 Å². The molecule has 94 valence electrons. The van der Waals surface area contributed by atoms with Crippen molar-refractivity contribution in [2.75, 3.05) is 7.11 Å². The Labute approximate surface area is 99.1 Å². The highest BCUT2D eigenvalue weighted by Crippen LogP contribution is 2.25. The van der Waals surface area contributed by atoms with Gasteiger partial charge in [-0.15, -0.1) is 0 Å². The Balaban J connectivity index is 2.17. The number of H-pyrrole nitrogens is 1. The summed E-state index contributed by atoms with van der Waals surface area (Å²) in [6.07, 6.45) is 5.25. The Morgan fingerprint density at radius 2 is 2.24 bits per heavy atom. The topological polar surface area (TPSA) is 90.2 Å². The lowest BCUT2D eigenvalue weighted by Gasteiger charge is -2.28. The molecule has 1 saturated carbocycles. The molecule has 1 aromatic rings. The van der Waals surface area contributed by atoms with Crippen molar-refractivity contribution >= 4 is 0 Å². The number of nitrogens with two attached hydrogens (primary N) is 1. The Kier molecular flexibility index (Phi) is 3.63. The van der Waals surface area contributed by atoms with Gasteiger partial charge >= 0.3 is 0 Å². The lowest BCUT2D eigenvalue weighted by atomic mass is 9.93. The van der Waals surface area contributed by atoms with E-state index in [1.165, 1.54) is 13.4 Å². The molecule has 0 amide bonds. The van der Waals surface area contributed by atoms with Crippen LogP contribution in [0.4, 0.5) is 0 Å². The van der Waals surface area contributed by atoms with Gasteiger partial charge in [0.25, 0.3) is 11.4 Å². The largest absolute Gasteiger partial charge is 0.487 e. The van der Waals surface area contributed by atoms with Crippen LogP contribution in [0.15, 0.2) is 11.1 Å². The molecule has 2 unspecified atom stereocenters. The van der Waals surface area contributed by atoms with Crippen LogP contribution in [-0.2, 0) is 0 Å². The van der Waals surface area contributed by atoms with Crippen LogP contribution in [0.5, 0.6) is 11.6 Å². The summed E-state index contributed by atoms with van der Waals surface area (Å²) in [7, 11) is 1.42. The predicted octanol–water partition coefficient (Wildman–Crippen LogP) is 0.427. The van der Waals surface area contributed by atoms with Crippen LogP contribution in [-0.4, -0.2) is 29.2 Å². The van der Waals surface area contributed by atoms with Crippen molar-refractivity contribution in [3.05, 3.63) is 16.7 Å².